The van der Waals surface area contributed by atoms with Crippen molar-refractivity contribution in [3.05, 3.63) is 46.0 Å². The molecule has 0 saturated carbocycles. The minimum Gasteiger partial charge on any atom is -0.871 e. The third-order valence-corrected chi connectivity index (χ3v) is 4.02. The van der Waals surface area contributed by atoms with E-state index >= 15 is 0 Å². The van der Waals surface area contributed by atoms with Crippen molar-refractivity contribution in [1.82, 2.24) is 5.32 Å². The van der Waals surface area contributed by atoms with Gasteiger partial charge in [-0.2, -0.15) is 0 Å². The van der Waals surface area contributed by atoms with Crippen LogP contribution in [0.15, 0.2) is 30.3 Å². The average Bonchev–Trinajstić information content (AvgIpc) is 2.71. The number of amides is 1. The summed E-state index contributed by atoms with van der Waals surface area (Å²) in [5.74, 6) is -0.0587. The lowest BCUT2D eigenvalue weighted by Gasteiger charge is -2.18. The van der Waals surface area contributed by atoms with E-state index in [1.54, 1.807) is 13.8 Å². The average molecular weight is 448 g/mol. The molecule has 2 rings (SSSR count). The van der Waals surface area contributed by atoms with Gasteiger partial charge in [0.1, 0.15) is 0 Å². The van der Waals surface area contributed by atoms with Crippen LogP contribution in [0.1, 0.15) is 31.1 Å². The number of nitro groups is 1. The lowest BCUT2D eigenvalue weighted by atomic mass is 10.1. The fourth-order valence-corrected chi connectivity index (χ4v) is 2.78. The first-order valence-electron chi connectivity index (χ1n) is 9.44. The van der Waals surface area contributed by atoms with Crippen LogP contribution >= 0.6 is 12.2 Å². The Bertz CT molecular complexity index is 954. The van der Waals surface area contributed by atoms with Crippen molar-refractivity contribution in [1.29, 1.82) is 0 Å². The van der Waals surface area contributed by atoms with Gasteiger partial charge in [0.05, 0.1) is 24.7 Å². The van der Waals surface area contributed by atoms with E-state index in [1.807, 2.05) is 6.92 Å². The molecule has 0 radical (unpaired) electrons. The molecule has 0 saturated heterocycles. The molecule has 10 nitrogen and oxygen atoms in total. The second kappa shape index (κ2) is 11.0. The molecule has 2 aromatic rings. The number of rotatable bonds is 9. The minimum absolute atomic E-state index is 0.129. The molecular formula is C20H22N3O7S-. The molecule has 0 aliphatic heterocycles. The molecule has 0 fully saturated rings. The Morgan fingerprint density at radius 2 is 1.61 bits per heavy atom. The predicted octanol–water partition coefficient (Wildman–Crippen LogP) is 2.99. The zero-order valence-electron chi connectivity index (χ0n) is 17.2. The van der Waals surface area contributed by atoms with E-state index in [2.05, 4.69) is 10.6 Å². The Labute approximate surface area is 184 Å². The smallest absolute Gasteiger partial charge is 0.271 e. The number of hydrogen-bond acceptors (Lipinski definition) is 8. The van der Waals surface area contributed by atoms with Crippen LogP contribution in [0, 0.1) is 10.1 Å². The molecule has 0 atom stereocenters. The first-order chi connectivity index (χ1) is 14.8. The normalized spacial score (nSPS) is 10.2. The van der Waals surface area contributed by atoms with Crippen molar-refractivity contribution in [2.45, 2.75) is 20.8 Å². The van der Waals surface area contributed by atoms with E-state index in [1.165, 1.54) is 12.1 Å². The molecule has 0 aromatic heterocycles. The summed E-state index contributed by atoms with van der Waals surface area (Å²) in [5.41, 5.74) is -0.234. The molecule has 0 bridgehead atoms. The molecule has 0 spiro atoms. The van der Waals surface area contributed by atoms with Gasteiger partial charge >= 0.3 is 0 Å². The van der Waals surface area contributed by atoms with E-state index in [4.69, 9.17) is 26.4 Å². The minimum atomic E-state index is -0.642. The zero-order chi connectivity index (χ0) is 23.0. The summed E-state index contributed by atoms with van der Waals surface area (Å²) in [6.45, 7) is 6.46. The summed E-state index contributed by atoms with van der Waals surface area (Å²) in [5, 5.41) is 27.6. The van der Waals surface area contributed by atoms with Crippen molar-refractivity contribution in [2.75, 3.05) is 25.1 Å². The van der Waals surface area contributed by atoms with Crippen LogP contribution < -0.4 is 30.0 Å². The third kappa shape index (κ3) is 6.19. The Morgan fingerprint density at radius 3 is 2.13 bits per heavy atom. The quantitative estimate of drug-likeness (QED) is 0.337. The van der Waals surface area contributed by atoms with Gasteiger partial charge in [0, 0.05) is 23.4 Å². The van der Waals surface area contributed by atoms with Gasteiger partial charge in [0.25, 0.3) is 11.6 Å². The number of thiocarbonyl (C=S) groups is 1. The summed E-state index contributed by atoms with van der Waals surface area (Å²) in [7, 11) is 0. The summed E-state index contributed by atoms with van der Waals surface area (Å²) in [6, 6.07) is 6.14. The monoisotopic (exact) mass is 448 g/mol. The van der Waals surface area contributed by atoms with E-state index in [0.717, 1.165) is 18.2 Å². The van der Waals surface area contributed by atoms with Crippen LogP contribution in [-0.2, 0) is 0 Å². The molecule has 0 aliphatic rings. The van der Waals surface area contributed by atoms with Crippen molar-refractivity contribution in [3.63, 3.8) is 0 Å². The number of carbonyl (C=O) groups excluding carboxylic acids is 1. The predicted molar refractivity (Wildman–Crippen MR) is 116 cm³/mol. The maximum absolute atomic E-state index is 12.7. The number of nitrogens with zero attached hydrogens (tertiary/aromatic N) is 1. The molecule has 2 aromatic carbocycles. The third-order valence-electron chi connectivity index (χ3n) is 3.82. The standard InChI is InChI=1S/C20H23N3O7S/c1-4-28-16-9-12(10-17(29-5-2)18(16)30-6-3)19(25)22-20(31)21-14-11-13(23(26)27)7-8-15(14)24/h7-11,24H,4-6H2,1-3H3,(H2,21,22,25,31)/p-1. The molecule has 0 heterocycles. The highest BCUT2D eigenvalue weighted by molar-refractivity contribution is 7.80. The van der Waals surface area contributed by atoms with Gasteiger partial charge in [-0.05, 0) is 45.1 Å². The lowest BCUT2D eigenvalue weighted by Crippen LogP contribution is -2.34. The molecule has 0 aliphatic carbocycles. The van der Waals surface area contributed by atoms with Gasteiger partial charge in [0.15, 0.2) is 16.6 Å². The van der Waals surface area contributed by atoms with E-state index in [0.29, 0.717) is 37.1 Å². The fourth-order valence-electron chi connectivity index (χ4n) is 2.58. The number of nitrogens with one attached hydrogen (secondary N) is 2. The van der Waals surface area contributed by atoms with Crippen molar-refractivity contribution < 1.29 is 29.0 Å². The van der Waals surface area contributed by atoms with Gasteiger partial charge in [-0.1, -0.05) is 11.8 Å². The molecule has 0 unspecified atom stereocenters. The highest BCUT2D eigenvalue weighted by Crippen LogP contribution is 2.39. The molecule has 31 heavy (non-hydrogen) atoms. The number of non-ortho nitro benzene ring substituents is 1. The second-order valence-electron chi connectivity index (χ2n) is 5.95. The Kier molecular flexibility index (Phi) is 8.38. The number of hydrogen-bond donors (Lipinski definition) is 2. The number of benzene rings is 2. The molecule has 11 heteroatoms. The number of anilines is 1. The largest absolute Gasteiger partial charge is 0.871 e. The molecule has 2 N–H and O–H groups in total. The highest BCUT2D eigenvalue weighted by atomic mass is 32.1. The maximum Gasteiger partial charge on any atom is 0.271 e. The Morgan fingerprint density at radius 1 is 1.03 bits per heavy atom. The van der Waals surface area contributed by atoms with Crippen LogP contribution in [0.2, 0.25) is 0 Å². The van der Waals surface area contributed by atoms with Crippen LogP contribution in [0.4, 0.5) is 11.4 Å². The molecular weight excluding hydrogens is 426 g/mol. The topological polar surface area (TPSA) is 135 Å². The maximum atomic E-state index is 12.7. The summed E-state index contributed by atoms with van der Waals surface area (Å²) in [6.07, 6.45) is 0. The summed E-state index contributed by atoms with van der Waals surface area (Å²) in [4.78, 5) is 23.0. The number of nitro benzene ring substituents is 1. The van der Waals surface area contributed by atoms with E-state index in [9.17, 15) is 20.0 Å². The fraction of sp³-hybridized carbons (Fsp3) is 0.300. The molecule has 166 valence electrons. The second-order valence-corrected chi connectivity index (χ2v) is 6.35. The SMILES string of the molecule is CCOc1cc(C(=O)NC(=S)Nc2cc([N+](=O)[O-])ccc2[O-])cc(OCC)c1OCC. The van der Waals surface area contributed by atoms with Gasteiger partial charge in [-0.3, -0.25) is 20.2 Å². The molecule has 1 amide bonds. The summed E-state index contributed by atoms with van der Waals surface area (Å²) >= 11 is 5.08. The number of carbonyl (C=O) groups is 1. The Balaban J connectivity index is 2.25. The van der Waals surface area contributed by atoms with Crippen LogP contribution in [0.3, 0.4) is 0 Å². The first-order valence-corrected chi connectivity index (χ1v) is 9.85. The van der Waals surface area contributed by atoms with Crippen LogP contribution in [0.5, 0.6) is 23.0 Å². The van der Waals surface area contributed by atoms with Gasteiger partial charge in [-0.25, -0.2) is 0 Å². The van der Waals surface area contributed by atoms with Gasteiger partial charge in [-0.15, -0.1) is 0 Å². The summed E-state index contributed by atoms with van der Waals surface area (Å²) < 4.78 is 16.8. The Hall–Kier alpha value is -3.60. The van der Waals surface area contributed by atoms with Crippen LogP contribution in [-0.4, -0.2) is 35.8 Å². The van der Waals surface area contributed by atoms with E-state index < -0.39 is 16.6 Å². The first kappa shape index (κ1) is 23.7. The van der Waals surface area contributed by atoms with Gasteiger partial charge < -0.3 is 24.6 Å². The van der Waals surface area contributed by atoms with Gasteiger partial charge in [0.2, 0.25) is 5.75 Å². The van der Waals surface area contributed by atoms with Crippen molar-refractivity contribution in [3.8, 4) is 23.0 Å². The van der Waals surface area contributed by atoms with Crippen molar-refractivity contribution in [2.24, 2.45) is 0 Å². The van der Waals surface area contributed by atoms with Crippen molar-refractivity contribution >= 4 is 34.6 Å². The van der Waals surface area contributed by atoms with E-state index in [-0.39, 0.29) is 22.1 Å². The lowest BCUT2D eigenvalue weighted by molar-refractivity contribution is -0.385. The zero-order valence-corrected chi connectivity index (χ0v) is 18.0. The highest BCUT2D eigenvalue weighted by Gasteiger charge is 2.19. The van der Waals surface area contributed by atoms with Crippen LogP contribution in [0.25, 0.3) is 0 Å². The number of ether oxygens (including phenoxy) is 3.